The Morgan fingerprint density at radius 3 is 1.50 bits per heavy atom. The zero-order chi connectivity index (χ0) is 15.4. The monoisotopic (exact) mass is 278 g/mol. The first-order valence-electron chi connectivity index (χ1n) is 6.68. The summed E-state index contributed by atoms with van der Waals surface area (Å²) in [4.78, 5) is 22.7. The first-order valence-corrected chi connectivity index (χ1v) is 6.68. The van der Waals surface area contributed by atoms with Gasteiger partial charge in [-0.05, 0) is 12.8 Å². The van der Waals surface area contributed by atoms with Crippen LogP contribution in [0.5, 0.6) is 0 Å². The fourth-order valence-electron chi connectivity index (χ4n) is 1.32. The summed E-state index contributed by atoms with van der Waals surface area (Å²) in [6, 6.07) is 0. The molecule has 0 aromatic carbocycles. The van der Waals surface area contributed by atoms with Crippen LogP contribution in [0, 0.1) is 11.8 Å². The van der Waals surface area contributed by atoms with E-state index in [1.165, 1.54) is 0 Å². The van der Waals surface area contributed by atoms with Crippen molar-refractivity contribution in [2.45, 2.75) is 39.5 Å². The molecule has 0 amide bonds. The lowest BCUT2D eigenvalue weighted by atomic mass is 10.2. The Morgan fingerprint density at radius 1 is 0.850 bits per heavy atom. The highest BCUT2D eigenvalue weighted by Gasteiger charge is 2.06. The predicted molar refractivity (Wildman–Crippen MR) is 77.8 cm³/mol. The van der Waals surface area contributed by atoms with Crippen molar-refractivity contribution in [1.29, 1.82) is 0 Å². The summed E-state index contributed by atoms with van der Waals surface area (Å²) in [6.45, 7) is 11.1. The van der Waals surface area contributed by atoms with Crippen molar-refractivity contribution in [2.75, 3.05) is 13.2 Å². The van der Waals surface area contributed by atoms with Crippen LogP contribution in [-0.2, 0) is 19.1 Å². The third-order valence-electron chi connectivity index (χ3n) is 2.36. The number of ether oxygens (including phenoxy) is 2. The standard InChI is InChI=1S/C16H22O4/c1-5-9-13(3)15(17)19-11-7-8-12-20-16(18)14(4)10-6-2/h3-6,9-12H2,1-2H3. The molecule has 0 rings (SSSR count). The first kappa shape index (κ1) is 18.0. The molecule has 4 heteroatoms. The molecule has 0 fully saturated rings. The largest absolute Gasteiger partial charge is 0.449 e. The molecule has 0 spiro atoms. The van der Waals surface area contributed by atoms with Crippen LogP contribution in [0.4, 0.5) is 0 Å². The molecular weight excluding hydrogens is 256 g/mol. The number of esters is 2. The quantitative estimate of drug-likeness (QED) is 0.389. The maximum absolute atomic E-state index is 11.3. The maximum atomic E-state index is 11.3. The maximum Gasteiger partial charge on any atom is 0.334 e. The first-order chi connectivity index (χ1) is 9.52. The SMILES string of the molecule is C=C(CCC)C(=O)OCC#CCOC(=O)C(=C)CCC. The average molecular weight is 278 g/mol. The molecule has 0 aromatic heterocycles. The number of rotatable bonds is 8. The summed E-state index contributed by atoms with van der Waals surface area (Å²) >= 11 is 0. The minimum absolute atomic E-state index is 0.0327. The molecule has 0 aliphatic heterocycles. The van der Waals surface area contributed by atoms with E-state index in [9.17, 15) is 9.59 Å². The van der Waals surface area contributed by atoms with Crippen molar-refractivity contribution in [3.05, 3.63) is 24.3 Å². The number of carbonyl (C=O) groups excluding carboxylic acids is 2. The molecule has 0 N–H and O–H groups in total. The van der Waals surface area contributed by atoms with E-state index < -0.39 is 11.9 Å². The van der Waals surface area contributed by atoms with Gasteiger partial charge in [-0.3, -0.25) is 0 Å². The van der Waals surface area contributed by atoms with Gasteiger partial charge < -0.3 is 9.47 Å². The van der Waals surface area contributed by atoms with E-state index in [2.05, 4.69) is 25.0 Å². The molecule has 0 saturated carbocycles. The van der Waals surface area contributed by atoms with Crippen molar-refractivity contribution >= 4 is 11.9 Å². The topological polar surface area (TPSA) is 52.6 Å². The molecule has 0 aliphatic carbocycles. The lowest BCUT2D eigenvalue weighted by Gasteiger charge is -2.03. The highest BCUT2D eigenvalue weighted by Crippen LogP contribution is 2.04. The fourth-order valence-corrected chi connectivity index (χ4v) is 1.32. The summed E-state index contributed by atoms with van der Waals surface area (Å²) in [5.74, 6) is 4.33. The zero-order valence-corrected chi connectivity index (χ0v) is 12.3. The third kappa shape index (κ3) is 8.15. The van der Waals surface area contributed by atoms with Gasteiger partial charge in [-0.15, -0.1) is 0 Å². The van der Waals surface area contributed by atoms with Gasteiger partial charge in [0.25, 0.3) is 0 Å². The van der Waals surface area contributed by atoms with Gasteiger partial charge in [0, 0.05) is 11.1 Å². The lowest BCUT2D eigenvalue weighted by molar-refractivity contribution is -0.138. The van der Waals surface area contributed by atoms with Crippen molar-refractivity contribution in [2.24, 2.45) is 0 Å². The molecule has 4 nitrogen and oxygen atoms in total. The van der Waals surface area contributed by atoms with E-state index in [-0.39, 0.29) is 13.2 Å². The normalized spacial score (nSPS) is 9.10. The molecule has 0 saturated heterocycles. The molecule has 0 atom stereocenters. The summed E-state index contributed by atoms with van der Waals surface area (Å²) < 4.78 is 9.76. The molecule has 20 heavy (non-hydrogen) atoms. The van der Waals surface area contributed by atoms with Crippen LogP contribution in [0.1, 0.15) is 39.5 Å². The van der Waals surface area contributed by atoms with Crippen LogP contribution in [0.2, 0.25) is 0 Å². The predicted octanol–water partition coefficient (Wildman–Crippen LogP) is 2.79. The van der Waals surface area contributed by atoms with Crippen LogP contribution < -0.4 is 0 Å². The fraction of sp³-hybridized carbons (Fsp3) is 0.500. The van der Waals surface area contributed by atoms with Gasteiger partial charge in [-0.1, -0.05) is 51.7 Å². The molecule has 0 radical (unpaired) electrons. The minimum Gasteiger partial charge on any atom is -0.449 e. The second kappa shape index (κ2) is 10.9. The second-order valence-electron chi connectivity index (χ2n) is 4.21. The van der Waals surface area contributed by atoms with Crippen LogP contribution in [0.15, 0.2) is 24.3 Å². The van der Waals surface area contributed by atoms with Crippen molar-refractivity contribution in [1.82, 2.24) is 0 Å². The van der Waals surface area contributed by atoms with Crippen LogP contribution in [-0.4, -0.2) is 25.2 Å². The number of carbonyl (C=O) groups is 2. The Morgan fingerprint density at radius 2 is 1.20 bits per heavy atom. The Balaban J connectivity index is 3.84. The van der Waals surface area contributed by atoms with Gasteiger partial charge >= 0.3 is 11.9 Å². The number of hydrogen-bond donors (Lipinski definition) is 0. The lowest BCUT2D eigenvalue weighted by Crippen LogP contribution is -2.08. The second-order valence-corrected chi connectivity index (χ2v) is 4.21. The van der Waals surface area contributed by atoms with Crippen molar-refractivity contribution in [3.8, 4) is 11.8 Å². The third-order valence-corrected chi connectivity index (χ3v) is 2.36. The molecule has 110 valence electrons. The summed E-state index contributed by atoms with van der Waals surface area (Å²) in [5, 5.41) is 0. The van der Waals surface area contributed by atoms with E-state index in [0.717, 1.165) is 12.8 Å². The Hall–Kier alpha value is -2.02. The Labute approximate surface area is 120 Å². The molecular formula is C16H22O4. The van der Waals surface area contributed by atoms with E-state index in [4.69, 9.17) is 9.47 Å². The Bertz CT molecular complexity index is 385. The van der Waals surface area contributed by atoms with Gasteiger partial charge in [0.1, 0.15) is 0 Å². The highest BCUT2D eigenvalue weighted by molar-refractivity contribution is 5.88. The van der Waals surface area contributed by atoms with Crippen LogP contribution in [0.25, 0.3) is 0 Å². The molecule has 0 aliphatic rings. The minimum atomic E-state index is -0.436. The van der Waals surface area contributed by atoms with Gasteiger partial charge in [0.2, 0.25) is 0 Å². The molecule has 0 heterocycles. The smallest absolute Gasteiger partial charge is 0.334 e. The van der Waals surface area contributed by atoms with Crippen LogP contribution >= 0.6 is 0 Å². The van der Waals surface area contributed by atoms with Gasteiger partial charge in [0.05, 0.1) is 0 Å². The van der Waals surface area contributed by atoms with E-state index in [1.54, 1.807) is 0 Å². The van der Waals surface area contributed by atoms with Gasteiger partial charge in [0.15, 0.2) is 13.2 Å². The molecule has 0 bridgehead atoms. The van der Waals surface area contributed by atoms with E-state index >= 15 is 0 Å². The van der Waals surface area contributed by atoms with Crippen molar-refractivity contribution < 1.29 is 19.1 Å². The van der Waals surface area contributed by atoms with E-state index in [0.29, 0.717) is 24.0 Å². The van der Waals surface area contributed by atoms with Gasteiger partial charge in [-0.2, -0.15) is 0 Å². The summed E-state index contributed by atoms with van der Waals surface area (Å²) in [7, 11) is 0. The average Bonchev–Trinajstić information content (AvgIpc) is 2.42. The number of hydrogen-bond acceptors (Lipinski definition) is 4. The zero-order valence-electron chi connectivity index (χ0n) is 12.3. The van der Waals surface area contributed by atoms with Gasteiger partial charge in [-0.25, -0.2) is 9.59 Å². The van der Waals surface area contributed by atoms with E-state index in [1.807, 2.05) is 13.8 Å². The highest BCUT2D eigenvalue weighted by atomic mass is 16.5. The molecule has 0 aromatic rings. The summed E-state index contributed by atoms with van der Waals surface area (Å²) in [6.07, 6.45) is 2.92. The Kier molecular flexibility index (Phi) is 9.76. The van der Waals surface area contributed by atoms with Crippen molar-refractivity contribution in [3.63, 3.8) is 0 Å². The molecule has 0 unspecified atom stereocenters. The van der Waals surface area contributed by atoms with Crippen LogP contribution in [0.3, 0.4) is 0 Å². The summed E-state index contributed by atoms with van der Waals surface area (Å²) in [5.41, 5.74) is 0.883.